The van der Waals surface area contributed by atoms with Gasteiger partial charge in [0.05, 0.1) is 0 Å². The van der Waals surface area contributed by atoms with E-state index in [1.165, 1.54) is 6.07 Å². The van der Waals surface area contributed by atoms with E-state index in [1.807, 2.05) is 12.1 Å². The van der Waals surface area contributed by atoms with E-state index in [-0.39, 0.29) is 5.75 Å². The first-order valence-electron chi connectivity index (χ1n) is 5.07. The van der Waals surface area contributed by atoms with E-state index in [0.29, 0.717) is 11.1 Å². The lowest BCUT2D eigenvalue weighted by Crippen LogP contribution is -1.91. The van der Waals surface area contributed by atoms with Gasteiger partial charge < -0.3 is 4.74 Å². The van der Waals surface area contributed by atoms with Crippen LogP contribution in [0.25, 0.3) is 0 Å². The summed E-state index contributed by atoms with van der Waals surface area (Å²) in [5, 5.41) is 0.603. The number of hydrogen-bond acceptors (Lipinski definition) is 1. The number of rotatable bonds is 3. The molecule has 0 aliphatic heterocycles. The van der Waals surface area contributed by atoms with Gasteiger partial charge in [-0.2, -0.15) is 0 Å². The first-order chi connectivity index (χ1) is 8.60. The molecule has 0 aliphatic carbocycles. The van der Waals surface area contributed by atoms with Gasteiger partial charge in [-0.3, -0.25) is 0 Å². The third kappa shape index (κ3) is 3.09. The van der Waals surface area contributed by atoms with Gasteiger partial charge in [-0.15, -0.1) is 0 Å². The van der Waals surface area contributed by atoms with Gasteiger partial charge >= 0.3 is 0 Å². The minimum atomic E-state index is -0.926. The molecule has 18 heavy (non-hydrogen) atoms. The highest BCUT2D eigenvalue weighted by Gasteiger charge is 2.07. The fourth-order valence-electron chi connectivity index (χ4n) is 1.42. The number of ether oxygens (including phenoxy) is 1. The van der Waals surface area contributed by atoms with Crippen molar-refractivity contribution >= 4 is 31.9 Å². The van der Waals surface area contributed by atoms with Crippen LogP contribution < -0.4 is 4.74 Å². The molecule has 5 heteroatoms. The molecule has 0 bridgehead atoms. The molecular weight excluding hydrogens is 370 g/mol. The molecule has 0 unspecified atom stereocenters. The predicted molar refractivity (Wildman–Crippen MR) is 73.2 cm³/mol. The van der Waals surface area contributed by atoms with Crippen LogP contribution in [-0.2, 0) is 5.33 Å². The summed E-state index contributed by atoms with van der Waals surface area (Å²) in [5.41, 5.74) is 0.911. The molecule has 0 N–H and O–H groups in total. The third-order valence-electron chi connectivity index (χ3n) is 2.29. The van der Waals surface area contributed by atoms with Crippen LogP contribution in [0.1, 0.15) is 5.56 Å². The van der Waals surface area contributed by atoms with Gasteiger partial charge in [-0.1, -0.05) is 31.9 Å². The van der Waals surface area contributed by atoms with Crippen molar-refractivity contribution in [1.29, 1.82) is 0 Å². The van der Waals surface area contributed by atoms with E-state index in [4.69, 9.17) is 4.74 Å². The highest BCUT2D eigenvalue weighted by atomic mass is 79.9. The Hall–Kier alpha value is -0.940. The van der Waals surface area contributed by atoms with Gasteiger partial charge in [0.25, 0.3) is 0 Å². The zero-order valence-electron chi connectivity index (χ0n) is 9.09. The summed E-state index contributed by atoms with van der Waals surface area (Å²) in [7, 11) is 0. The highest BCUT2D eigenvalue weighted by Crippen LogP contribution is 2.30. The van der Waals surface area contributed by atoms with Crippen molar-refractivity contribution in [3.05, 3.63) is 58.1 Å². The maximum atomic E-state index is 13.1. The number of benzene rings is 2. The van der Waals surface area contributed by atoms with Gasteiger partial charge in [0.1, 0.15) is 11.5 Å². The summed E-state index contributed by atoms with van der Waals surface area (Å²) in [6, 6.07) is 8.93. The molecule has 0 fully saturated rings. The van der Waals surface area contributed by atoms with E-state index < -0.39 is 11.6 Å². The normalized spacial score (nSPS) is 10.4. The molecule has 0 saturated carbocycles. The second-order valence-corrected chi connectivity index (χ2v) is 5.04. The second kappa shape index (κ2) is 5.80. The Morgan fingerprint density at radius 1 is 1.00 bits per heavy atom. The highest BCUT2D eigenvalue weighted by molar-refractivity contribution is 9.10. The Morgan fingerprint density at radius 3 is 2.44 bits per heavy atom. The van der Waals surface area contributed by atoms with Crippen molar-refractivity contribution in [3.63, 3.8) is 0 Å². The summed E-state index contributed by atoms with van der Waals surface area (Å²) in [6.07, 6.45) is 0. The van der Waals surface area contributed by atoms with Gasteiger partial charge in [-0.25, -0.2) is 8.78 Å². The summed E-state index contributed by atoms with van der Waals surface area (Å²) >= 11 is 6.70. The van der Waals surface area contributed by atoms with E-state index in [9.17, 15) is 8.78 Å². The number of halogens is 4. The Morgan fingerprint density at radius 2 is 1.78 bits per heavy atom. The van der Waals surface area contributed by atoms with Gasteiger partial charge in [0, 0.05) is 21.4 Å². The average molecular weight is 378 g/mol. The maximum Gasteiger partial charge on any atom is 0.162 e. The summed E-state index contributed by atoms with van der Waals surface area (Å²) in [4.78, 5) is 0. The molecule has 0 radical (unpaired) electrons. The minimum absolute atomic E-state index is 0.262. The van der Waals surface area contributed by atoms with Crippen molar-refractivity contribution in [2.24, 2.45) is 0 Å². The molecular formula is C13H8Br2F2O. The maximum absolute atomic E-state index is 13.1. The molecule has 0 amide bonds. The molecule has 1 nitrogen and oxygen atoms in total. The summed E-state index contributed by atoms with van der Waals surface area (Å²) in [6.45, 7) is 0. The Balaban J connectivity index is 2.30. The van der Waals surface area contributed by atoms with E-state index >= 15 is 0 Å². The van der Waals surface area contributed by atoms with Crippen LogP contribution in [0.2, 0.25) is 0 Å². The van der Waals surface area contributed by atoms with Gasteiger partial charge in [0.15, 0.2) is 11.6 Å². The number of alkyl halides is 1. The van der Waals surface area contributed by atoms with Crippen molar-refractivity contribution in [2.45, 2.75) is 5.33 Å². The molecule has 0 saturated heterocycles. The van der Waals surface area contributed by atoms with Crippen molar-refractivity contribution < 1.29 is 13.5 Å². The van der Waals surface area contributed by atoms with Crippen LogP contribution in [0.5, 0.6) is 11.5 Å². The van der Waals surface area contributed by atoms with Crippen LogP contribution in [0.15, 0.2) is 40.9 Å². The van der Waals surface area contributed by atoms with E-state index in [1.54, 1.807) is 6.07 Å². The van der Waals surface area contributed by atoms with Crippen LogP contribution in [0.4, 0.5) is 8.78 Å². The minimum Gasteiger partial charge on any atom is -0.457 e. The quantitative estimate of drug-likeness (QED) is 0.649. The van der Waals surface area contributed by atoms with Crippen LogP contribution in [-0.4, -0.2) is 0 Å². The molecule has 0 heterocycles. The standard InChI is InChI=1S/C13H8Br2F2O/c14-7-8-5-9(15)1-4-13(8)18-10-2-3-11(16)12(17)6-10/h1-6H,7H2. The molecule has 2 aromatic rings. The molecule has 0 aromatic heterocycles. The molecule has 2 rings (SSSR count). The molecule has 94 valence electrons. The smallest absolute Gasteiger partial charge is 0.162 e. The lowest BCUT2D eigenvalue weighted by molar-refractivity contribution is 0.459. The van der Waals surface area contributed by atoms with Crippen molar-refractivity contribution in [2.75, 3.05) is 0 Å². The van der Waals surface area contributed by atoms with Crippen molar-refractivity contribution in [1.82, 2.24) is 0 Å². The molecule has 0 aliphatic rings. The Labute approximate surface area is 120 Å². The fraction of sp³-hybridized carbons (Fsp3) is 0.0769. The predicted octanol–water partition coefficient (Wildman–Crippen LogP) is 5.41. The molecule has 0 atom stereocenters. The zero-order chi connectivity index (χ0) is 13.1. The van der Waals surface area contributed by atoms with Crippen LogP contribution in [0.3, 0.4) is 0 Å². The molecule has 0 spiro atoms. The first-order valence-corrected chi connectivity index (χ1v) is 6.99. The Bertz CT molecular complexity index is 573. The summed E-state index contributed by atoms with van der Waals surface area (Å²) < 4.78 is 32.3. The lowest BCUT2D eigenvalue weighted by atomic mass is 10.2. The SMILES string of the molecule is Fc1ccc(Oc2ccc(Br)cc2CBr)cc1F. The lowest BCUT2D eigenvalue weighted by Gasteiger charge is -2.10. The topological polar surface area (TPSA) is 9.23 Å². The molecule has 2 aromatic carbocycles. The summed E-state index contributed by atoms with van der Waals surface area (Å²) in [5.74, 6) is -0.955. The van der Waals surface area contributed by atoms with Crippen LogP contribution >= 0.6 is 31.9 Å². The van der Waals surface area contributed by atoms with Gasteiger partial charge in [0.2, 0.25) is 0 Å². The average Bonchev–Trinajstić information content (AvgIpc) is 2.36. The van der Waals surface area contributed by atoms with E-state index in [2.05, 4.69) is 31.9 Å². The Kier molecular flexibility index (Phi) is 4.35. The largest absolute Gasteiger partial charge is 0.457 e. The third-order valence-corrected chi connectivity index (χ3v) is 3.38. The fourth-order valence-corrected chi connectivity index (χ4v) is 2.27. The number of hydrogen-bond donors (Lipinski definition) is 0. The van der Waals surface area contributed by atoms with Gasteiger partial charge in [-0.05, 0) is 30.3 Å². The zero-order valence-corrected chi connectivity index (χ0v) is 12.3. The second-order valence-electron chi connectivity index (χ2n) is 3.56. The van der Waals surface area contributed by atoms with Crippen LogP contribution in [0, 0.1) is 11.6 Å². The van der Waals surface area contributed by atoms with E-state index in [0.717, 1.165) is 22.2 Å². The first kappa shape index (κ1) is 13.5. The van der Waals surface area contributed by atoms with Crippen molar-refractivity contribution in [3.8, 4) is 11.5 Å². The monoisotopic (exact) mass is 376 g/mol.